The fourth-order valence-electron chi connectivity index (χ4n) is 2.85. The maximum atomic E-state index is 12.5. The fourth-order valence-corrected chi connectivity index (χ4v) is 2.85. The molecule has 27 heavy (non-hydrogen) atoms. The maximum absolute atomic E-state index is 12.5. The Morgan fingerprint density at radius 3 is 2.59 bits per heavy atom. The molecular formula is C19H17N7O. The molecule has 0 unspecified atom stereocenters. The predicted octanol–water partition coefficient (Wildman–Crippen LogP) is 2.54. The van der Waals surface area contributed by atoms with Crippen LogP contribution >= 0.6 is 0 Å². The van der Waals surface area contributed by atoms with Gasteiger partial charge in [0, 0.05) is 22.5 Å². The number of carbonyl (C=O) groups excluding carboxylic acids is 1. The highest BCUT2D eigenvalue weighted by Crippen LogP contribution is 2.24. The molecule has 8 heteroatoms. The zero-order valence-electron chi connectivity index (χ0n) is 14.6. The number of carbonyl (C=O) groups is 1. The van der Waals surface area contributed by atoms with Crippen molar-refractivity contribution in [3.63, 3.8) is 0 Å². The zero-order chi connectivity index (χ0) is 18.6. The van der Waals surface area contributed by atoms with E-state index < -0.39 is 0 Å². The van der Waals surface area contributed by atoms with E-state index in [0.717, 1.165) is 28.2 Å². The molecule has 1 amide bonds. The molecule has 8 nitrogen and oxygen atoms in total. The number of rotatable bonds is 5. The normalized spacial score (nSPS) is 10.7. The molecule has 0 aliphatic heterocycles. The SMILES string of the molecule is Cc1[nH]nc(-c2ccccc2)c1CC(=O)Nc1ccc(-n2cnnn2)cc1. The molecule has 2 aromatic carbocycles. The first-order chi connectivity index (χ1) is 13.2. The molecule has 134 valence electrons. The average Bonchev–Trinajstić information content (AvgIpc) is 3.34. The van der Waals surface area contributed by atoms with Crippen molar-refractivity contribution in [3.8, 4) is 16.9 Å². The molecule has 0 aliphatic rings. The molecule has 0 saturated carbocycles. The van der Waals surface area contributed by atoms with Crippen molar-refractivity contribution < 1.29 is 4.79 Å². The van der Waals surface area contributed by atoms with Crippen molar-refractivity contribution in [2.24, 2.45) is 0 Å². The second-order valence-electron chi connectivity index (χ2n) is 6.07. The highest BCUT2D eigenvalue weighted by atomic mass is 16.1. The summed E-state index contributed by atoms with van der Waals surface area (Å²) in [5.41, 5.74) is 5.09. The molecular weight excluding hydrogens is 342 g/mol. The summed E-state index contributed by atoms with van der Waals surface area (Å²) in [6, 6.07) is 17.1. The number of benzene rings is 2. The van der Waals surface area contributed by atoms with Crippen LogP contribution in [0.2, 0.25) is 0 Å². The van der Waals surface area contributed by atoms with Crippen LogP contribution in [-0.2, 0) is 11.2 Å². The molecule has 0 spiro atoms. The summed E-state index contributed by atoms with van der Waals surface area (Å²) in [6.07, 6.45) is 1.75. The highest BCUT2D eigenvalue weighted by molar-refractivity contribution is 5.93. The number of H-pyrrole nitrogens is 1. The zero-order valence-corrected chi connectivity index (χ0v) is 14.6. The summed E-state index contributed by atoms with van der Waals surface area (Å²) >= 11 is 0. The Balaban J connectivity index is 1.48. The summed E-state index contributed by atoms with van der Waals surface area (Å²) in [6.45, 7) is 1.92. The number of nitrogens with one attached hydrogen (secondary N) is 2. The minimum Gasteiger partial charge on any atom is -0.326 e. The van der Waals surface area contributed by atoms with E-state index in [1.807, 2.05) is 61.5 Å². The van der Waals surface area contributed by atoms with Gasteiger partial charge in [0.05, 0.1) is 17.8 Å². The van der Waals surface area contributed by atoms with E-state index in [1.54, 1.807) is 4.68 Å². The molecule has 0 atom stereocenters. The summed E-state index contributed by atoms with van der Waals surface area (Å²) in [7, 11) is 0. The molecule has 2 aromatic heterocycles. The number of nitrogens with zero attached hydrogens (tertiary/aromatic N) is 5. The van der Waals surface area contributed by atoms with Crippen molar-refractivity contribution in [2.75, 3.05) is 5.32 Å². The summed E-state index contributed by atoms with van der Waals surface area (Å²) in [4.78, 5) is 12.5. The third-order valence-corrected chi connectivity index (χ3v) is 4.22. The van der Waals surface area contributed by atoms with E-state index in [1.165, 1.54) is 6.33 Å². The number of hydrogen-bond donors (Lipinski definition) is 2. The van der Waals surface area contributed by atoms with Crippen LogP contribution in [0, 0.1) is 6.92 Å². The monoisotopic (exact) mass is 359 g/mol. The minimum atomic E-state index is -0.105. The Kier molecular flexibility index (Phi) is 4.44. The summed E-state index contributed by atoms with van der Waals surface area (Å²) in [5.74, 6) is -0.105. The quantitative estimate of drug-likeness (QED) is 0.570. The largest absolute Gasteiger partial charge is 0.326 e. The number of anilines is 1. The van der Waals surface area contributed by atoms with Gasteiger partial charge in [-0.3, -0.25) is 9.89 Å². The smallest absolute Gasteiger partial charge is 0.228 e. The first-order valence-electron chi connectivity index (χ1n) is 8.43. The molecule has 0 radical (unpaired) electrons. The lowest BCUT2D eigenvalue weighted by Crippen LogP contribution is -2.15. The van der Waals surface area contributed by atoms with Crippen LogP contribution in [0.1, 0.15) is 11.3 Å². The third kappa shape index (κ3) is 3.59. The van der Waals surface area contributed by atoms with Gasteiger partial charge in [0.2, 0.25) is 5.91 Å². The van der Waals surface area contributed by atoms with Gasteiger partial charge >= 0.3 is 0 Å². The van der Waals surface area contributed by atoms with Gasteiger partial charge in [-0.05, 0) is 41.6 Å². The molecule has 4 aromatic rings. The Bertz CT molecular complexity index is 1040. The van der Waals surface area contributed by atoms with Crippen molar-refractivity contribution in [2.45, 2.75) is 13.3 Å². The first kappa shape index (κ1) is 16.6. The summed E-state index contributed by atoms with van der Waals surface area (Å²) < 4.78 is 1.55. The molecule has 0 bridgehead atoms. The van der Waals surface area contributed by atoms with Crippen LogP contribution in [0.5, 0.6) is 0 Å². The van der Waals surface area contributed by atoms with E-state index >= 15 is 0 Å². The van der Waals surface area contributed by atoms with E-state index in [-0.39, 0.29) is 12.3 Å². The molecule has 0 aliphatic carbocycles. The van der Waals surface area contributed by atoms with Gasteiger partial charge in [-0.15, -0.1) is 5.10 Å². The second-order valence-corrected chi connectivity index (χ2v) is 6.07. The van der Waals surface area contributed by atoms with Crippen molar-refractivity contribution in [1.29, 1.82) is 0 Å². The Morgan fingerprint density at radius 1 is 1.11 bits per heavy atom. The number of hydrogen-bond acceptors (Lipinski definition) is 5. The van der Waals surface area contributed by atoms with Crippen molar-refractivity contribution in [1.82, 2.24) is 30.4 Å². The average molecular weight is 359 g/mol. The lowest BCUT2D eigenvalue weighted by atomic mass is 10.0. The molecule has 4 rings (SSSR count). The first-order valence-corrected chi connectivity index (χ1v) is 8.43. The lowest BCUT2D eigenvalue weighted by molar-refractivity contribution is -0.115. The van der Waals surface area contributed by atoms with E-state index in [0.29, 0.717) is 5.69 Å². The number of aryl methyl sites for hydroxylation is 1. The van der Waals surface area contributed by atoms with Gasteiger partial charge in [0.25, 0.3) is 0 Å². The second kappa shape index (κ2) is 7.20. The summed E-state index contributed by atoms with van der Waals surface area (Å²) in [5, 5.41) is 21.3. The minimum absolute atomic E-state index is 0.105. The maximum Gasteiger partial charge on any atom is 0.228 e. The predicted molar refractivity (Wildman–Crippen MR) is 100 cm³/mol. The number of aromatic nitrogens is 6. The lowest BCUT2D eigenvalue weighted by Gasteiger charge is -2.07. The van der Waals surface area contributed by atoms with Crippen molar-refractivity contribution >= 4 is 11.6 Å². The van der Waals surface area contributed by atoms with Crippen LogP contribution in [0.15, 0.2) is 60.9 Å². The van der Waals surface area contributed by atoms with Crippen LogP contribution < -0.4 is 5.32 Å². The van der Waals surface area contributed by atoms with Crippen molar-refractivity contribution in [3.05, 3.63) is 72.2 Å². The van der Waals surface area contributed by atoms with Gasteiger partial charge in [-0.2, -0.15) is 5.10 Å². The van der Waals surface area contributed by atoms with Gasteiger partial charge < -0.3 is 5.32 Å². The standard InChI is InChI=1S/C19H17N7O/c1-13-17(19(23-22-13)14-5-3-2-4-6-14)11-18(27)21-15-7-9-16(10-8-15)26-12-20-24-25-26/h2-10,12H,11H2,1H3,(H,21,27)(H,22,23). The fraction of sp³-hybridized carbons (Fsp3) is 0.105. The Morgan fingerprint density at radius 2 is 1.89 bits per heavy atom. The number of tetrazole rings is 1. The molecule has 0 fully saturated rings. The van der Waals surface area contributed by atoms with Crippen LogP contribution in [0.25, 0.3) is 16.9 Å². The van der Waals surface area contributed by atoms with E-state index in [2.05, 4.69) is 31.0 Å². The molecule has 0 saturated heterocycles. The van der Waals surface area contributed by atoms with E-state index in [9.17, 15) is 4.79 Å². The Hall–Kier alpha value is -3.81. The number of aromatic amines is 1. The Labute approximate surface area is 155 Å². The molecule has 2 N–H and O–H groups in total. The van der Waals surface area contributed by atoms with Crippen LogP contribution in [-0.4, -0.2) is 36.3 Å². The highest BCUT2D eigenvalue weighted by Gasteiger charge is 2.15. The van der Waals surface area contributed by atoms with Gasteiger partial charge in [-0.25, -0.2) is 4.68 Å². The van der Waals surface area contributed by atoms with Crippen LogP contribution in [0.4, 0.5) is 5.69 Å². The van der Waals surface area contributed by atoms with E-state index in [4.69, 9.17) is 0 Å². The topological polar surface area (TPSA) is 101 Å². The van der Waals surface area contributed by atoms with Gasteiger partial charge in [-0.1, -0.05) is 30.3 Å². The van der Waals surface area contributed by atoms with Gasteiger partial charge in [0.1, 0.15) is 6.33 Å². The van der Waals surface area contributed by atoms with Gasteiger partial charge in [0.15, 0.2) is 0 Å². The molecule has 2 heterocycles. The van der Waals surface area contributed by atoms with Crippen LogP contribution in [0.3, 0.4) is 0 Å². The number of amides is 1. The third-order valence-electron chi connectivity index (χ3n) is 4.22.